The summed E-state index contributed by atoms with van der Waals surface area (Å²) in [5.74, 6) is 1.03. The third-order valence-electron chi connectivity index (χ3n) is 3.39. The van der Waals surface area contributed by atoms with Crippen molar-refractivity contribution in [3.05, 3.63) is 45.5 Å². The van der Waals surface area contributed by atoms with Gasteiger partial charge in [0.1, 0.15) is 5.76 Å². The van der Waals surface area contributed by atoms with Gasteiger partial charge >= 0.3 is 0 Å². The largest absolute Gasteiger partial charge is 0.469 e. The van der Waals surface area contributed by atoms with E-state index in [1.165, 1.54) is 15.3 Å². The van der Waals surface area contributed by atoms with Crippen LogP contribution in [0.2, 0.25) is 0 Å². The van der Waals surface area contributed by atoms with Crippen LogP contribution in [0.25, 0.3) is 0 Å². The minimum atomic E-state index is 0.363. The zero-order chi connectivity index (χ0) is 13.7. The van der Waals surface area contributed by atoms with Gasteiger partial charge in [0.05, 0.1) is 6.26 Å². The van der Waals surface area contributed by atoms with Crippen molar-refractivity contribution in [1.29, 1.82) is 0 Å². The molecule has 2 aromatic heterocycles. The Hall–Kier alpha value is -1.06. The second kappa shape index (κ2) is 6.92. The van der Waals surface area contributed by atoms with Gasteiger partial charge in [-0.15, -0.1) is 11.3 Å². The molecule has 104 valence electrons. The molecule has 2 nitrogen and oxygen atoms in total. The molecule has 0 bridgehead atoms. The summed E-state index contributed by atoms with van der Waals surface area (Å²) in [4.78, 5) is 2.92. The lowest BCUT2D eigenvalue weighted by Crippen LogP contribution is -2.24. The van der Waals surface area contributed by atoms with E-state index in [9.17, 15) is 0 Å². The van der Waals surface area contributed by atoms with Crippen LogP contribution in [0.15, 0.2) is 28.9 Å². The summed E-state index contributed by atoms with van der Waals surface area (Å²) in [5, 5.41) is 3.64. The lowest BCUT2D eigenvalue weighted by molar-refractivity contribution is 0.495. The summed E-state index contributed by atoms with van der Waals surface area (Å²) in [6, 6.07) is 6.97. The van der Waals surface area contributed by atoms with Crippen molar-refractivity contribution in [3.63, 3.8) is 0 Å². The fourth-order valence-electron chi connectivity index (χ4n) is 2.29. The maximum Gasteiger partial charge on any atom is 0.105 e. The van der Waals surface area contributed by atoms with E-state index in [0.29, 0.717) is 6.04 Å². The van der Waals surface area contributed by atoms with Crippen LogP contribution < -0.4 is 5.32 Å². The molecule has 0 amide bonds. The Balaban J connectivity index is 2.11. The highest BCUT2D eigenvalue weighted by atomic mass is 32.1. The molecule has 19 heavy (non-hydrogen) atoms. The maximum absolute atomic E-state index is 5.45. The third-order valence-corrected chi connectivity index (χ3v) is 4.64. The maximum atomic E-state index is 5.45. The van der Waals surface area contributed by atoms with Gasteiger partial charge in [-0.05, 0) is 44.5 Å². The topological polar surface area (TPSA) is 25.2 Å². The van der Waals surface area contributed by atoms with Crippen molar-refractivity contribution in [2.45, 2.75) is 46.1 Å². The van der Waals surface area contributed by atoms with Crippen LogP contribution in [0.5, 0.6) is 0 Å². The highest BCUT2D eigenvalue weighted by molar-refractivity contribution is 7.11. The van der Waals surface area contributed by atoms with E-state index in [1.807, 2.05) is 18.3 Å². The Morgan fingerprint density at radius 1 is 1.21 bits per heavy atom. The number of rotatable bonds is 7. The molecule has 1 unspecified atom stereocenters. The predicted molar refractivity (Wildman–Crippen MR) is 81.9 cm³/mol. The number of hydrogen-bond donors (Lipinski definition) is 1. The van der Waals surface area contributed by atoms with Gasteiger partial charge in [-0.1, -0.05) is 13.8 Å². The third kappa shape index (κ3) is 3.71. The number of thiophene rings is 1. The number of hydrogen-bond acceptors (Lipinski definition) is 3. The molecule has 0 saturated carbocycles. The van der Waals surface area contributed by atoms with E-state index >= 15 is 0 Å². The zero-order valence-corrected chi connectivity index (χ0v) is 12.8. The van der Waals surface area contributed by atoms with Crippen LogP contribution >= 0.6 is 11.3 Å². The molecule has 1 N–H and O–H groups in total. The normalized spacial score (nSPS) is 12.8. The van der Waals surface area contributed by atoms with E-state index < -0.39 is 0 Å². The molecular formula is C16H23NOS. The summed E-state index contributed by atoms with van der Waals surface area (Å²) >= 11 is 1.93. The average Bonchev–Trinajstić information content (AvgIpc) is 3.03. The Morgan fingerprint density at radius 2 is 2.00 bits per heavy atom. The first kappa shape index (κ1) is 14.4. The van der Waals surface area contributed by atoms with Crippen molar-refractivity contribution < 1.29 is 4.42 Å². The molecule has 0 fully saturated rings. The average molecular weight is 277 g/mol. The van der Waals surface area contributed by atoms with Crippen molar-refractivity contribution in [2.75, 3.05) is 6.54 Å². The van der Waals surface area contributed by atoms with Crippen LogP contribution in [-0.2, 0) is 12.8 Å². The standard InChI is InChI=1S/C16H23NOS/c1-4-9-17-16(15-8-10-18-12(15)3)11-14-7-6-13(5-2)19-14/h6-8,10,16-17H,4-5,9,11H2,1-3H3. The van der Waals surface area contributed by atoms with E-state index in [2.05, 4.69) is 37.4 Å². The molecule has 1 atom stereocenters. The first-order valence-electron chi connectivity index (χ1n) is 7.09. The molecule has 0 radical (unpaired) electrons. The minimum absolute atomic E-state index is 0.363. The van der Waals surface area contributed by atoms with Gasteiger partial charge < -0.3 is 9.73 Å². The van der Waals surface area contributed by atoms with Crippen molar-refractivity contribution in [2.24, 2.45) is 0 Å². The van der Waals surface area contributed by atoms with Gasteiger partial charge in [-0.3, -0.25) is 0 Å². The Kier molecular flexibility index (Phi) is 5.23. The van der Waals surface area contributed by atoms with Crippen LogP contribution in [0.3, 0.4) is 0 Å². The monoisotopic (exact) mass is 277 g/mol. The lowest BCUT2D eigenvalue weighted by Gasteiger charge is -2.17. The van der Waals surface area contributed by atoms with Crippen molar-refractivity contribution >= 4 is 11.3 Å². The molecular weight excluding hydrogens is 254 g/mol. The summed E-state index contributed by atoms with van der Waals surface area (Å²) in [7, 11) is 0. The van der Waals surface area contributed by atoms with E-state index in [1.54, 1.807) is 6.26 Å². The van der Waals surface area contributed by atoms with E-state index in [-0.39, 0.29) is 0 Å². The smallest absolute Gasteiger partial charge is 0.105 e. The first-order valence-corrected chi connectivity index (χ1v) is 7.91. The molecule has 2 aromatic rings. The molecule has 2 rings (SSSR count). The molecule has 2 heterocycles. The molecule has 3 heteroatoms. The molecule has 0 spiro atoms. The van der Waals surface area contributed by atoms with Crippen LogP contribution in [0, 0.1) is 6.92 Å². The summed E-state index contributed by atoms with van der Waals surface area (Å²) in [6.07, 6.45) is 5.11. The van der Waals surface area contributed by atoms with Crippen LogP contribution in [0.4, 0.5) is 0 Å². The number of furan rings is 1. The Morgan fingerprint density at radius 3 is 2.58 bits per heavy atom. The Labute approximate surface area is 119 Å². The second-order valence-corrected chi connectivity index (χ2v) is 6.12. The van der Waals surface area contributed by atoms with Gasteiger partial charge in [-0.25, -0.2) is 0 Å². The SMILES string of the molecule is CCCNC(Cc1ccc(CC)s1)c1ccoc1C. The fourth-order valence-corrected chi connectivity index (χ4v) is 3.29. The highest BCUT2D eigenvalue weighted by Gasteiger charge is 2.16. The van der Waals surface area contributed by atoms with Crippen molar-refractivity contribution in [1.82, 2.24) is 5.32 Å². The second-order valence-electron chi connectivity index (χ2n) is 4.86. The summed E-state index contributed by atoms with van der Waals surface area (Å²) < 4.78 is 5.45. The molecule has 0 aliphatic carbocycles. The van der Waals surface area contributed by atoms with Crippen LogP contribution in [0.1, 0.15) is 47.4 Å². The zero-order valence-electron chi connectivity index (χ0n) is 12.0. The molecule has 0 saturated heterocycles. The van der Waals surface area contributed by atoms with Gasteiger partial charge in [0.25, 0.3) is 0 Å². The first-order chi connectivity index (χ1) is 9.24. The predicted octanol–water partition coefficient (Wildman–Crippen LogP) is 4.50. The van der Waals surface area contributed by atoms with E-state index in [0.717, 1.165) is 31.6 Å². The summed E-state index contributed by atoms with van der Waals surface area (Å²) in [6.45, 7) is 7.50. The fraction of sp³-hybridized carbons (Fsp3) is 0.500. The van der Waals surface area contributed by atoms with Crippen molar-refractivity contribution in [3.8, 4) is 0 Å². The van der Waals surface area contributed by atoms with E-state index in [4.69, 9.17) is 4.42 Å². The highest BCUT2D eigenvalue weighted by Crippen LogP contribution is 2.26. The Bertz CT molecular complexity index is 500. The summed E-state index contributed by atoms with van der Waals surface area (Å²) in [5.41, 5.74) is 1.29. The van der Waals surface area contributed by atoms with Gasteiger partial charge in [0, 0.05) is 27.8 Å². The minimum Gasteiger partial charge on any atom is -0.469 e. The number of aryl methyl sites for hydroxylation is 2. The van der Waals surface area contributed by atoms with Gasteiger partial charge in [0.15, 0.2) is 0 Å². The van der Waals surface area contributed by atoms with Gasteiger partial charge in [-0.2, -0.15) is 0 Å². The molecule has 0 aromatic carbocycles. The van der Waals surface area contributed by atoms with Crippen LogP contribution in [-0.4, -0.2) is 6.54 Å². The van der Waals surface area contributed by atoms with Gasteiger partial charge in [0.2, 0.25) is 0 Å². The lowest BCUT2D eigenvalue weighted by atomic mass is 10.0. The quantitative estimate of drug-likeness (QED) is 0.806. The molecule has 0 aliphatic heterocycles. The number of nitrogens with one attached hydrogen (secondary N) is 1. The molecule has 0 aliphatic rings.